The highest BCUT2D eigenvalue weighted by Crippen LogP contribution is 2.24. The van der Waals surface area contributed by atoms with Crippen LogP contribution in [0.4, 0.5) is 0 Å². The molecule has 1 heterocycles. The average Bonchev–Trinajstić information content (AvgIpc) is 2.69. The lowest BCUT2D eigenvalue weighted by Crippen LogP contribution is -1.95. The van der Waals surface area contributed by atoms with Crippen molar-refractivity contribution in [2.75, 3.05) is 0 Å². The van der Waals surface area contributed by atoms with E-state index in [1.54, 1.807) is 30.5 Å². The number of aromatic nitrogens is 3. The molecule has 0 aliphatic carbocycles. The molecule has 0 aliphatic rings. The summed E-state index contributed by atoms with van der Waals surface area (Å²) in [6.07, 6.45) is 1.57. The molecule has 0 atom stereocenters. The maximum absolute atomic E-state index is 9.37. The third-order valence-electron chi connectivity index (χ3n) is 1.71. The molecule has 2 aromatic rings. The van der Waals surface area contributed by atoms with E-state index >= 15 is 0 Å². The number of ether oxygens (including phenoxy) is 1. The van der Waals surface area contributed by atoms with E-state index in [4.69, 9.17) is 4.74 Å². The molecule has 72 valence electrons. The van der Waals surface area contributed by atoms with Crippen LogP contribution in [-0.4, -0.2) is 20.5 Å². The van der Waals surface area contributed by atoms with Crippen LogP contribution in [0.5, 0.6) is 11.5 Å². The molecular weight excluding hydrogens is 182 g/mol. The van der Waals surface area contributed by atoms with E-state index in [1.807, 2.05) is 0 Å². The summed E-state index contributed by atoms with van der Waals surface area (Å²) in [5, 5.41) is 19.3. The molecule has 2 rings (SSSR count). The highest BCUT2D eigenvalue weighted by Gasteiger charge is 2.01. The Labute approximate surface area is 80.3 Å². The van der Waals surface area contributed by atoms with Crippen molar-refractivity contribution in [3.8, 4) is 11.5 Å². The summed E-state index contributed by atoms with van der Waals surface area (Å²) in [7, 11) is 0. The SMILES string of the molecule is Oc1ccccc1OCc1cn[nH]n1. The summed E-state index contributed by atoms with van der Waals surface area (Å²) in [6, 6.07) is 6.78. The van der Waals surface area contributed by atoms with Crippen LogP contribution in [0.1, 0.15) is 5.69 Å². The maximum Gasteiger partial charge on any atom is 0.161 e. The van der Waals surface area contributed by atoms with Gasteiger partial charge in [0.25, 0.3) is 0 Å². The van der Waals surface area contributed by atoms with Gasteiger partial charge in [-0.05, 0) is 12.1 Å². The van der Waals surface area contributed by atoms with Crippen molar-refractivity contribution in [2.24, 2.45) is 0 Å². The molecule has 14 heavy (non-hydrogen) atoms. The van der Waals surface area contributed by atoms with Crippen molar-refractivity contribution >= 4 is 0 Å². The number of benzene rings is 1. The first-order valence-electron chi connectivity index (χ1n) is 4.12. The van der Waals surface area contributed by atoms with Gasteiger partial charge in [0, 0.05) is 0 Å². The number of nitrogens with one attached hydrogen (secondary N) is 1. The Morgan fingerprint density at radius 2 is 2.21 bits per heavy atom. The van der Waals surface area contributed by atoms with Crippen molar-refractivity contribution in [1.29, 1.82) is 0 Å². The topological polar surface area (TPSA) is 71.0 Å². The van der Waals surface area contributed by atoms with Gasteiger partial charge >= 0.3 is 0 Å². The first-order valence-corrected chi connectivity index (χ1v) is 4.12. The maximum atomic E-state index is 9.37. The van der Waals surface area contributed by atoms with Crippen LogP contribution >= 0.6 is 0 Å². The van der Waals surface area contributed by atoms with Gasteiger partial charge in [0.05, 0.1) is 6.20 Å². The van der Waals surface area contributed by atoms with Crippen LogP contribution < -0.4 is 4.74 Å². The first-order chi connectivity index (χ1) is 6.86. The molecule has 5 heteroatoms. The van der Waals surface area contributed by atoms with Gasteiger partial charge in [0.1, 0.15) is 12.3 Å². The van der Waals surface area contributed by atoms with E-state index in [0.29, 0.717) is 11.4 Å². The van der Waals surface area contributed by atoms with E-state index < -0.39 is 0 Å². The molecule has 0 spiro atoms. The number of phenolic OH excluding ortho intramolecular Hbond substituents is 1. The molecule has 1 aromatic carbocycles. The standard InChI is InChI=1S/C9H9N3O2/c13-8-3-1-2-4-9(8)14-6-7-5-10-12-11-7/h1-5,13H,6H2,(H,10,11,12). The lowest BCUT2D eigenvalue weighted by Gasteiger charge is -2.04. The summed E-state index contributed by atoms with van der Waals surface area (Å²) in [4.78, 5) is 0. The van der Waals surface area contributed by atoms with Crippen LogP contribution in [0.15, 0.2) is 30.5 Å². The molecule has 0 amide bonds. The molecular formula is C9H9N3O2. The monoisotopic (exact) mass is 191 g/mol. The molecule has 0 unspecified atom stereocenters. The van der Waals surface area contributed by atoms with Crippen molar-refractivity contribution in [2.45, 2.75) is 6.61 Å². The molecule has 0 aliphatic heterocycles. The minimum atomic E-state index is 0.121. The van der Waals surface area contributed by atoms with Crippen molar-refractivity contribution < 1.29 is 9.84 Å². The second kappa shape index (κ2) is 3.78. The predicted molar refractivity (Wildman–Crippen MR) is 48.8 cm³/mol. The fourth-order valence-electron chi connectivity index (χ4n) is 1.03. The largest absolute Gasteiger partial charge is 0.504 e. The molecule has 0 bridgehead atoms. The molecule has 0 fully saturated rings. The molecule has 5 nitrogen and oxygen atoms in total. The normalized spacial score (nSPS) is 10.0. The van der Waals surface area contributed by atoms with Crippen molar-refractivity contribution in [3.63, 3.8) is 0 Å². The van der Waals surface area contributed by atoms with Crippen LogP contribution in [0.3, 0.4) is 0 Å². The van der Waals surface area contributed by atoms with Gasteiger partial charge in [-0.3, -0.25) is 0 Å². The van der Waals surface area contributed by atoms with Gasteiger partial charge in [-0.2, -0.15) is 15.4 Å². The molecule has 0 saturated heterocycles. The number of aromatic amines is 1. The zero-order chi connectivity index (χ0) is 9.80. The Kier molecular flexibility index (Phi) is 2.31. The molecule has 1 aromatic heterocycles. The summed E-state index contributed by atoms with van der Waals surface area (Å²) in [6.45, 7) is 0.286. The third kappa shape index (κ3) is 1.82. The highest BCUT2D eigenvalue weighted by molar-refractivity contribution is 5.37. The Balaban J connectivity index is 2.02. The van der Waals surface area contributed by atoms with Gasteiger partial charge in [-0.15, -0.1) is 0 Å². The van der Waals surface area contributed by atoms with Gasteiger partial charge in [0.2, 0.25) is 0 Å². The van der Waals surface area contributed by atoms with Gasteiger partial charge in [0.15, 0.2) is 11.5 Å². The highest BCUT2D eigenvalue weighted by atomic mass is 16.5. The lowest BCUT2D eigenvalue weighted by molar-refractivity contribution is 0.285. The minimum Gasteiger partial charge on any atom is -0.504 e. The summed E-state index contributed by atoms with van der Waals surface area (Å²) in [5.41, 5.74) is 0.688. The molecule has 2 N–H and O–H groups in total. The van der Waals surface area contributed by atoms with E-state index in [2.05, 4.69) is 15.4 Å². The van der Waals surface area contributed by atoms with Crippen LogP contribution in [0, 0.1) is 0 Å². The second-order valence-corrected chi connectivity index (χ2v) is 2.72. The summed E-state index contributed by atoms with van der Waals surface area (Å²) in [5.74, 6) is 0.562. The Morgan fingerprint density at radius 1 is 1.36 bits per heavy atom. The number of phenols is 1. The number of para-hydroxylation sites is 2. The zero-order valence-electron chi connectivity index (χ0n) is 7.34. The quantitative estimate of drug-likeness (QED) is 0.761. The second-order valence-electron chi connectivity index (χ2n) is 2.72. The number of rotatable bonds is 3. The third-order valence-corrected chi connectivity index (χ3v) is 1.71. The van der Waals surface area contributed by atoms with E-state index in [-0.39, 0.29) is 12.4 Å². The number of H-pyrrole nitrogens is 1. The Hall–Kier alpha value is -2.04. The minimum absolute atomic E-state index is 0.121. The van der Waals surface area contributed by atoms with Crippen molar-refractivity contribution in [1.82, 2.24) is 15.4 Å². The van der Waals surface area contributed by atoms with Crippen LogP contribution in [-0.2, 0) is 6.61 Å². The van der Waals surface area contributed by atoms with Gasteiger partial charge in [-0.25, -0.2) is 0 Å². The lowest BCUT2D eigenvalue weighted by atomic mass is 10.3. The number of hydrogen-bond acceptors (Lipinski definition) is 4. The first kappa shape index (κ1) is 8.55. The summed E-state index contributed by atoms with van der Waals surface area (Å²) >= 11 is 0. The number of aromatic hydroxyl groups is 1. The van der Waals surface area contributed by atoms with Gasteiger partial charge in [-0.1, -0.05) is 12.1 Å². The van der Waals surface area contributed by atoms with E-state index in [0.717, 1.165) is 0 Å². The zero-order valence-corrected chi connectivity index (χ0v) is 7.34. The predicted octanol–water partition coefficient (Wildman–Crippen LogP) is 1.09. The summed E-state index contributed by atoms with van der Waals surface area (Å²) < 4.78 is 5.31. The smallest absolute Gasteiger partial charge is 0.161 e. The number of nitrogens with zero attached hydrogens (tertiary/aromatic N) is 2. The van der Waals surface area contributed by atoms with E-state index in [1.165, 1.54) is 0 Å². The average molecular weight is 191 g/mol. The molecule has 0 radical (unpaired) electrons. The van der Waals surface area contributed by atoms with Crippen LogP contribution in [0.2, 0.25) is 0 Å². The Morgan fingerprint density at radius 3 is 2.93 bits per heavy atom. The fraction of sp³-hybridized carbons (Fsp3) is 0.111. The number of hydrogen-bond donors (Lipinski definition) is 2. The van der Waals surface area contributed by atoms with Gasteiger partial charge < -0.3 is 9.84 Å². The van der Waals surface area contributed by atoms with Crippen LogP contribution in [0.25, 0.3) is 0 Å². The van der Waals surface area contributed by atoms with E-state index in [9.17, 15) is 5.11 Å². The van der Waals surface area contributed by atoms with Crippen molar-refractivity contribution in [3.05, 3.63) is 36.2 Å². The fourth-order valence-corrected chi connectivity index (χ4v) is 1.03. The Bertz CT molecular complexity index is 400. The molecule has 0 saturated carbocycles.